The van der Waals surface area contributed by atoms with Crippen molar-refractivity contribution in [3.05, 3.63) is 109 Å². The van der Waals surface area contributed by atoms with Crippen LogP contribution in [0.1, 0.15) is 30.0 Å². The average molecular weight is 455 g/mol. The Morgan fingerprint density at radius 1 is 0.909 bits per heavy atom. The van der Waals surface area contributed by atoms with Gasteiger partial charge in [-0.2, -0.15) is 0 Å². The molecule has 2 aromatic carbocycles. The molecular formula is C27H26N4OS. The Morgan fingerprint density at radius 2 is 1.67 bits per heavy atom. The second kappa shape index (κ2) is 9.88. The third-order valence-corrected chi connectivity index (χ3v) is 6.21. The van der Waals surface area contributed by atoms with E-state index in [0.717, 1.165) is 53.1 Å². The summed E-state index contributed by atoms with van der Waals surface area (Å²) in [4.78, 5) is 6.83. The molecule has 5 nitrogen and oxygen atoms in total. The van der Waals surface area contributed by atoms with Crippen molar-refractivity contribution in [3.63, 3.8) is 0 Å². The van der Waals surface area contributed by atoms with Crippen molar-refractivity contribution in [1.29, 1.82) is 0 Å². The summed E-state index contributed by atoms with van der Waals surface area (Å²) in [5.74, 6) is 1.74. The van der Waals surface area contributed by atoms with Crippen LogP contribution in [0.4, 0.5) is 5.69 Å². The third-order valence-electron chi connectivity index (χ3n) is 5.85. The molecule has 1 fully saturated rings. The summed E-state index contributed by atoms with van der Waals surface area (Å²) in [6, 6.07) is 30.4. The molecule has 0 saturated carbocycles. The molecule has 6 heteroatoms. The Balaban J connectivity index is 1.37. The van der Waals surface area contributed by atoms with Crippen LogP contribution in [0.15, 0.2) is 102 Å². The van der Waals surface area contributed by atoms with E-state index in [0.29, 0.717) is 0 Å². The molecule has 3 heterocycles. The van der Waals surface area contributed by atoms with Crippen LogP contribution in [0.2, 0.25) is 0 Å². The molecule has 2 N–H and O–H groups in total. The number of hydrogen-bond donors (Lipinski definition) is 2. The van der Waals surface area contributed by atoms with Crippen LogP contribution in [0, 0.1) is 0 Å². The fraction of sp³-hybridized carbons (Fsp3) is 0.185. The Morgan fingerprint density at radius 3 is 2.42 bits per heavy atom. The van der Waals surface area contributed by atoms with Crippen molar-refractivity contribution in [2.75, 3.05) is 18.4 Å². The zero-order valence-corrected chi connectivity index (χ0v) is 19.0. The van der Waals surface area contributed by atoms with E-state index in [9.17, 15) is 0 Å². The van der Waals surface area contributed by atoms with Gasteiger partial charge in [-0.05, 0) is 55.0 Å². The number of aromatic nitrogens is 1. The van der Waals surface area contributed by atoms with Crippen LogP contribution in [-0.4, -0.2) is 28.1 Å². The van der Waals surface area contributed by atoms with Crippen molar-refractivity contribution < 1.29 is 4.42 Å². The van der Waals surface area contributed by atoms with Gasteiger partial charge in [-0.1, -0.05) is 54.6 Å². The minimum atomic E-state index is -0.0736. The van der Waals surface area contributed by atoms with Gasteiger partial charge < -0.3 is 20.0 Å². The first-order valence-electron chi connectivity index (χ1n) is 11.2. The highest BCUT2D eigenvalue weighted by Gasteiger charge is 2.41. The van der Waals surface area contributed by atoms with Crippen LogP contribution in [-0.2, 0) is 0 Å². The van der Waals surface area contributed by atoms with Crippen molar-refractivity contribution in [2.24, 2.45) is 0 Å². The van der Waals surface area contributed by atoms with Gasteiger partial charge in [0.2, 0.25) is 0 Å². The topological polar surface area (TPSA) is 53.3 Å². The molecule has 0 radical (unpaired) electrons. The number of para-hydroxylation sites is 1. The summed E-state index contributed by atoms with van der Waals surface area (Å²) in [5.41, 5.74) is 3.14. The van der Waals surface area contributed by atoms with Gasteiger partial charge in [0.15, 0.2) is 5.11 Å². The van der Waals surface area contributed by atoms with Crippen molar-refractivity contribution in [1.82, 2.24) is 15.2 Å². The molecule has 2 aromatic heterocycles. The van der Waals surface area contributed by atoms with Gasteiger partial charge in [0, 0.05) is 30.5 Å². The number of pyridine rings is 1. The molecule has 33 heavy (non-hydrogen) atoms. The number of thiocarbonyl (C=S) groups is 1. The van der Waals surface area contributed by atoms with Crippen molar-refractivity contribution in [2.45, 2.75) is 18.5 Å². The molecule has 166 valence electrons. The highest BCUT2D eigenvalue weighted by molar-refractivity contribution is 7.80. The number of furan rings is 1. The van der Waals surface area contributed by atoms with Crippen LogP contribution in [0.5, 0.6) is 0 Å². The van der Waals surface area contributed by atoms with E-state index in [1.165, 1.54) is 0 Å². The van der Waals surface area contributed by atoms with Gasteiger partial charge in [-0.25, -0.2) is 0 Å². The first-order valence-corrected chi connectivity index (χ1v) is 11.6. The Kier molecular flexibility index (Phi) is 6.35. The van der Waals surface area contributed by atoms with E-state index >= 15 is 0 Å². The maximum Gasteiger partial charge on any atom is 0.170 e. The fourth-order valence-corrected chi connectivity index (χ4v) is 4.59. The largest absolute Gasteiger partial charge is 0.459 e. The molecule has 1 aliphatic heterocycles. The molecule has 0 unspecified atom stereocenters. The van der Waals surface area contributed by atoms with E-state index in [1.807, 2.05) is 66.9 Å². The van der Waals surface area contributed by atoms with Crippen molar-refractivity contribution >= 4 is 23.0 Å². The predicted molar refractivity (Wildman–Crippen MR) is 136 cm³/mol. The molecule has 2 atom stereocenters. The van der Waals surface area contributed by atoms with E-state index < -0.39 is 0 Å². The second-order valence-electron chi connectivity index (χ2n) is 8.03. The number of hydrogen-bond acceptors (Lipinski definition) is 4. The monoisotopic (exact) mass is 454 g/mol. The lowest BCUT2D eigenvalue weighted by Crippen LogP contribution is -2.31. The Bertz CT molecular complexity index is 1180. The molecule has 5 rings (SSSR count). The van der Waals surface area contributed by atoms with E-state index in [-0.39, 0.29) is 12.1 Å². The zero-order chi connectivity index (χ0) is 22.5. The van der Waals surface area contributed by atoms with Crippen molar-refractivity contribution in [3.8, 4) is 11.3 Å². The zero-order valence-electron chi connectivity index (χ0n) is 18.2. The minimum absolute atomic E-state index is 0.0680. The summed E-state index contributed by atoms with van der Waals surface area (Å²) >= 11 is 5.76. The maximum atomic E-state index is 6.37. The van der Waals surface area contributed by atoms with Gasteiger partial charge in [-0.3, -0.25) is 4.98 Å². The van der Waals surface area contributed by atoms with Crippen LogP contribution < -0.4 is 10.6 Å². The quantitative estimate of drug-likeness (QED) is 0.259. The summed E-state index contributed by atoms with van der Waals surface area (Å²) in [7, 11) is 0. The van der Waals surface area contributed by atoms with Gasteiger partial charge in [0.1, 0.15) is 17.6 Å². The number of nitrogens with one attached hydrogen (secondary N) is 2. The highest BCUT2D eigenvalue weighted by atomic mass is 32.1. The van der Waals surface area contributed by atoms with Gasteiger partial charge in [0.05, 0.1) is 11.7 Å². The molecular weight excluding hydrogens is 428 g/mol. The first kappa shape index (κ1) is 21.2. The summed E-state index contributed by atoms with van der Waals surface area (Å²) in [6.07, 6.45) is 2.76. The molecule has 0 spiro atoms. The van der Waals surface area contributed by atoms with Crippen LogP contribution >= 0.6 is 12.2 Å². The Labute approximate surface area is 199 Å². The molecule has 0 amide bonds. The van der Waals surface area contributed by atoms with E-state index in [4.69, 9.17) is 16.6 Å². The summed E-state index contributed by atoms with van der Waals surface area (Å²) in [6.45, 7) is 1.67. The Hall–Kier alpha value is -3.64. The number of benzene rings is 2. The fourth-order valence-electron chi connectivity index (χ4n) is 4.26. The van der Waals surface area contributed by atoms with Crippen LogP contribution in [0.3, 0.4) is 0 Å². The third kappa shape index (κ3) is 4.76. The van der Waals surface area contributed by atoms with E-state index in [1.54, 1.807) is 0 Å². The molecule has 1 aliphatic rings. The van der Waals surface area contributed by atoms with Gasteiger partial charge >= 0.3 is 0 Å². The van der Waals surface area contributed by atoms with Gasteiger partial charge in [-0.15, -0.1) is 0 Å². The number of rotatable bonds is 8. The highest BCUT2D eigenvalue weighted by Crippen LogP contribution is 2.40. The average Bonchev–Trinajstić information content (AvgIpc) is 3.48. The number of anilines is 1. The standard InChI is InChI=1S/C27H26N4OS/c33-27-30-25(22-14-7-8-17-29-22)26(24-16-15-23(32-24)20-10-3-1-4-11-20)31(27)19-9-18-28-21-12-5-2-6-13-21/h1-8,10-17,25-26,28H,9,18-19H2,(H,30,33)/t25-,26+/m0/s1. The lowest BCUT2D eigenvalue weighted by atomic mass is 10.0. The lowest BCUT2D eigenvalue weighted by Gasteiger charge is -2.26. The van der Waals surface area contributed by atoms with E-state index in [2.05, 4.69) is 50.8 Å². The smallest absolute Gasteiger partial charge is 0.170 e. The maximum absolute atomic E-state index is 6.37. The number of nitrogens with zero attached hydrogens (tertiary/aromatic N) is 2. The van der Waals surface area contributed by atoms with Crippen LogP contribution in [0.25, 0.3) is 11.3 Å². The summed E-state index contributed by atoms with van der Waals surface area (Å²) in [5, 5.41) is 7.70. The summed E-state index contributed by atoms with van der Waals surface area (Å²) < 4.78 is 6.37. The lowest BCUT2D eigenvalue weighted by molar-refractivity contribution is 0.274. The van der Waals surface area contributed by atoms with Gasteiger partial charge in [0.25, 0.3) is 0 Å². The molecule has 1 saturated heterocycles. The molecule has 0 bridgehead atoms. The first-order chi connectivity index (χ1) is 16.3. The predicted octanol–water partition coefficient (Wildman–Crippen LogP) is 5.82. The molecule has 0 aliphatic carbocycles. The minimum Gasteiger partial charge on any atom is -0.459 e. The second-order valence-corrected chi connectivity index (χ2v) is 8.42. The molecule has 4 aromatic rings. The SMILES string of the molecule is S=C1N[C@@H](c2ccccn2)[C@@H](c2ccc(-c3ccccc3)o2)N1CCCNc1ccccc1. The normalized spacial score (nSPS) is 17.7.